The Hall–Kier alpha value is -0.730. The zero-order valence-corrected chi connectivity index (χ0v) is 12.5. The summed E-state index contributed by atoms with van der Waals surface area (Å²) in [6.45, 7) is 2.34. The van der Waals surface area contributed by atoms with Crippen LogP contribution >= 0.6 is 11.6 Å². The highest BCUT2D eigenvalue weighted by molar-refractivity contribution is 6.30. The van der Waals surface area contributed by atoms with Gasteiger partial charge in [0.15, 0.2) is 0 Å². The first-order chi connectivity index (χ1) is 9.12. The second-order valence-electron chi connectivity index (χ2n) is 6.21. The molecule has 0 bridgehead atoms. The van der Waals surface area contributed by atoms with Gasteiger partial charge in [0.25, 0.3) is 0 Å². The minimum absolute atomic E-state index is 0.0339. The van der Waals surface area contributed by atoms with Crippen LogP contribution in [0.3, 0.4) is 0 Å². The molecule has 1 N–H and O–H groups in total. The fourth-order valence-electron chi connectivity index (χ4n) is 3.79. The zero-order valence-electron chi connectivity index (χ0n) is 11.7. The summed E-state index contributed by atoms with van der Waals surface area (Å²) < 4.78 is 6.42. The van der Waals surface area contributed by atoms with Crippen LogP contribution in [0, 0.1) is 5.92 Å². The Morgan fingerprint density at radius 2 is 2.21 bits per heavy atom. The van der Waals surface area contributed by atoms with Crippen molar-refractivity contribution in [1.82, 2.24) is 5.32 Å². The molecule has 2 nitrogen and oxygen atoms in total. The Morgan fingerprint density at radius 1 is 1.37 bits per heavy atom. The summed E-state index contributed by atoms with van der Waals surface area (Å²) in [6.07, 6.45) is 6.02. The predicted octanol–water partition coefficient (Wildman–Crippen LogP) is 4.33. The van der Waals surface area contributed by atoms with Crippen LogP contribution in [0.4, 0.5) is 0 Å². The van der Waals surface area contributed by atoms with Crippen molar-refractivity contribution in [2.45, 2.75) is 50.7 Å². The average Bonchev–Trinajstić information content (AvgIpc) is 2.38. The van der Waals surface area contributed by atoms with Crippen molar-refractivity contribution in [1.29, 1.82) is 0 Å². The summed E-state index contributed by atoms with van der Waals surface area (Å²) in [5, 5.41) is 4.22. The molecule has 1 aromatic carbocycles. The van der Waals surface area contributed by atoms with E-state index in [2.05, 4.69) is 12.2 Å². The lowest BCUT2D eigenvalue weighted by Gasteiger charge is -2.46. The number of halogens is 1. The lowest BCUT2D eigenvalue weighted by atomic mass is 9.73. The van der Waals surface area contributed by atoms with E-state index in [1.807, 2.05) is 25.2 Å². The summed E-state index contributed by atoms with van der Waals surface area (Å²) >= 11 is 6.12. The highest BCUT2D eigenvalue weighted by atomic mass is 35.5. The van der Waals surface area contributed by atoms with Crippen LogP contribution in [0.2, 0.25) is 5.02 Å². The third kappa shape index (κ3) is 2.48. The molecule has 3 atom stereocenters. The molecule has 3 rings (SSSR count). The Labute approximate surface area is 120 Å². The summed E-state index contributed by atoms with van der Waals surface area (Å²) in [4.78, 5) is 0. The number of ether oxygens (including phenoxy) is 1. The van der Waals surface area contributed by atoms with Crippen LogP contribution < -0.4 is 10.1 Å². The first kappa shape index (κ1) is 13.3. The Kier molecular flexibility index (Phi) is 3.48. The van der Waals surface area contributed by atoms with Gasteiger partial charge in [0.1, 0.15) is 11.4 Å². The molecule has 0 saturated heterocycles. The Bertz CT molecular complexity index is 476. The highest BCUT2D eigenvalue weighted by Crippen LogP contribution is 2.47. The zero-order chi connectivity index (χ0) is 13.5. The van der Waals surface area contributed by atoms with Crippen molar-refractivity contribution < 1.29 is 4.74 Å². The van der Waals surface area contributed by atoms with E-state index in [1.54, 1.807) is 0 Å². The van der Waals surface area contributed by atoms with Crippen LogP contribution in [0.1, 0.15) is 50.6 Å². The summed E-state index contributed by atoms with van der Waals surface area (Å²) in [5.74, 6) is 1.78. The van der Waals surface area contributed by atoms with Gasteiger partial charge in [-0.3, -0.25) is 0 Å². The summed E-state index contributed by atoms with van der Waals surface area (Å²) in [6, 6.07) is 6.35. The van der Waals surface area contributed by atoms with Crippen molar-refractivity contribution in [3.05, 3.63) is 28.8 Å². The number of rotatable bonds is 1. The molecule has 1 saturated carbocycles. The van der Waals surface area contributed by atoms with E-state index in [1.165, 1.54) is 31.2 Å². The van der Waals surface area contributed by atoms with Crippen LogP contribution in [0.25, 0.3) is 0 Å². The van der Waals surface area contributed by atoms with Crippen molar-refractivity contribution in [3.63, 3.8) is 0 Å². The molecule has 1 heterocycles. The van der Waals surface area contributed by atoms with Crippen molar-refractivity contribution in [2.75, 3.05) is 7.05 Å². The quantitative estimate of drug-likeness (QED) is 0.826. The van der Waals surface area contributed by atoms with Gasteiger partial charge in [-0.1, -0.05) is 24.9 Å². The van der Waals surface area contributed by atoms with E-state index in [0.29, 0.717) is 6.04 Å². The summed E-state index contributed by atoms with van der Waals surface area (Å²) in [5.41, 5.74) is 1.24. The van der Waals surface area contributed by atoms with Crippen LogP contribution in [0.15, 0.2) is 18.2 Å². The smallest absolute Gasteiger partial charge is 0.125 e. The third-order valence-electron chi connectivity index (χ3n) is 4.65. The van der Waals surface area contributed by atoms with Gasteiger partial charge in [-0.2, -0.15) is 0 Å². The first-order valence-electron chi connectivity index (χ1n) is 7.28. The second kappa shape index (κ2) is 4.99. The fraction of sp³-hybridized carbons (Fsp3) is 0.625. The van der Waals surface area contributed by atoms with E-state index in [9.17, 15) is 0 Å². The predicted molar refractivity (Wildman–Crippen MR) is 78.9 cm³/mol. The fourth-order valence-corrected chi connectivity index (χ4v) is 3.97. The molecule has 3 heteroatoms. The SMILES string of the molecule is CNC1CC2(CCCC(C)C2)Oc2ccc(Cl)cc21. The number of hydrogen-bond acceptors (Lipinski definition) is 2. The number of fused-ring (bicyclic) bond motifs is 1. The molecule has 0 amide bonds. The number of hydrogen-bond donors (Lipinski definition) is 1. The molecule has 2 aliphatic rings. The van der Waals surface area contributed by atoms with Gasteiger partial charge in [-0.05, 0) is 50.4 Å². The molecular weight excluding hydrogens is 258 g/mol. The average molecular weight is 280 g/mol. The van der Waals surface area contributed by atoms with E-state index in [-0.39, 0.29) is 5.60 Å². The van der Waals surface area contributed by atoms with Crippen LogP contribution in [0.5, 0.6) is 5.75 Å². The van der Waals surface area contributed by atoms with Crippen LogP contribution in [-0.2, 0) is 0 Å². The standard InChI is InChI=1S/C16H22ClNO/c1-11-4-3-7-16(9-11)10-14(18-2)13-8-12(17)5-6-15(13)19-16/h5-6,8,11,14,18H,3-4,7,9-10H2,1-2H3. The minimum Gasteiger partial charge on any atom is -0.487 e. The highest BCUT2D eigenvalue weighted by Gasteiger charge is 2.43. The van der Waals surface area contributed by atoms with Crippen molar-refractivity contribution in [2.24, 2.45) is 5.92 Å². The van der Waals surface area contributed by atoms with Gasteiger partial charge in [0.05, 0.1) is 0 Å². The molecule has 3 unspecified atom stereocenters. The second-order valence-corrected chi connectivity index (χ2v) is 6.65. The lowest BCUT2D eigenvalue weighted by Crippen LogP contribution is -2.46. The van der Waals surface area contributed by atoms with Gasteiger partial charge < -0.3 is 10.1 Å². The number of benzene rings is 1. The maximum absolute atomic E-state index is 6.42. The lowest BCUT2D eigenvalue weighted by molar-refractivity contribution is -0.0172. The van der Waals surface area contributed by atoms with Crippen molar-refractivity contribution >= 4 is 11.6 Å². The van der Waals surface area contributed by atoms with E-state index in [4.69, 9.17) is 16.3 Å². The number of nitrogens with one attached hydrogen (secondary N) is 1. The molecular formula is C16H22ClNO. The molecule has 0 radical (unpaired) electrons. The van der Waals surface area contributed by atoms with Gasteiger partial charge in [0.2, 0.25) is 0 Å². The van der Waals surface area contributed by atoms with Gasteiger partial charge in [-0.25, -0.2) is 0 Å². The normalized spacial score (nSPS) is 33.8. The molecule has 0 aromatic heterocycles. The van der Waals surface area contributed by atoms with E-state index < -0.39 is 0 Å². The molecule has 1 aromatic rings. The Morgan fingerprint density at radius 3 is 2.95 bits per heavy atom. The van der Waals surface area contributed by atoms with E-state index >= 15 is 0 Å². The van der Waals surface area contributed by atoms with Crippen LogP contribution in [-0.4, -0.2) is 12.6 Å². The molecule has 104 valence electrons. The molecule has 1 aliphatic heterocycles. The van der Waals surface area contributed by atoms with E-state index in [0.717, 1.165) is 23.1 Å². The monoisotopic (exact) mass is 279 g/mol. The maximum atomic E-state index is 6.42. The van der Waals surface area contributed by atoms with Gasteiger partial charge in [-0.15, -0.1) is 0 Å². The molecule has 19 heavy (non-hydrogen) atoms. The minimum atomic E-state index is 0.0339. The molecule has 1 spiro atoms. The third-order valence-corrected chi connectivity index (χ3v) is 4.88. The molecule has 1 fully saturated rings. The first-order valence-corrected chi connectivity index (χ1v) is 7.65. The largest absolute Gasteiger partial charge is 0.487 e. The Balaban J connectivity index is 1.95. The maximum Gasteiger partial charge on any atom is 0.125 e. The molecule has 1 aliphatic carbocycles. The summed E-state index contributed by atoms with van der Waals surface area (Å²) in [7, 11) is 2.03. The van der Waals surface area contributed by atoms with Gasteiger partial charge in [0, 0.05) is 23.0 Å². The topological polar surface area (TPSA) is 21.3 Å². The van der Waals surface area contributed by atoms with Crippen molar-refractivity contribution in [3.8, 4) is 5.75 Å². The van der Waals surface area contributed by atoms with Gasteiger partial charge >= 0.3 is 0 Å².